The molecule has 0 fully saturated rings. The number of hydrogen-bond donors (Lipinski definition) is 2. The van der Waals surface area contributed by atoms with Crippen LogP contribution in [-0.2, 0) is 16.2 Å². The molecule has 0 saturated carbocycles. The molecule has 3 rings (SSSR count). The highest BCUT2D eigenvalue weighted by Crippen LogP contribution is 2.31. The van der Waals surface area contributed by atoms with Gasteiger partial charge in [-0.05, 0) is 48.5 Å². The molecule has 10 heteroatoms. The minimum Gasteiger partial charge on any atom is -0.322 e. The van der Waals surface area contributed by atoms with Crippen LogP contribution in [0.15, 0.2) is 77.7 Å². The first-order valence-corrected chi connectivity index (χ1v) is 9.90. The lowest BCUT2D eigenvalue weighted by Gasteiger charge is -2.12. The summed E-state index contributed by atoms with van der Waals surface area (Å²) in [5, 5.41) is 2.43. The van der Waals surface area contributed by atoms with Crippen molar-refractivity contribution in [2.75, 3.05) is 10.0 Å². The highest BCUT2D eigenvalue weighted by molar-refractivity contribution is 7.92. The lowest BCUT2D eigenvalue weighted by atomic mass is 10.2. The molecule has 0 aromatic heterocycles. The van der Waals surface area contributed by atoms with E-state index >= 15 is 0 Å². The van der Waals surface area contributed by atoms with E-state index in [-0.39, 0.29) is 11.4 Å². The molecule has 30 heavy (non-hydrogen) atoms. The van der Waals surface area contributed by atoms with Gasteiger partial charge in [-0.1, -0.05) is 24.3 Å². The number of alkyl halides is 3. The average molecular weight is 438 g/mol. The Hall–Kier alpha value is -3.40. The zero-order valence-electron chi connectivity index (χ0n) is 15.1. The summed E-state index contributed by atoms with van der Waals surface area (Å²) >= 11 is 0. The molecule has 0 spiro atoms. The summed E-state index contributed by atoms with van der Waals surface area (Å²) in [6.45, 7) is 0. The number of rotatable bonds is 5. The van der Waals surface area contributed by atoms with Crippen molar-refractivity contribution in [3.8, 4) is 0 Å². The quantitative estimate of drug-likeness (QED) is 0.557. The van der Waals surface area contributed by atoms with Gasteiger partial charge in [0.1, 0.15) is 10.7 Å². The molecule has 0 aliphatic carbocycles. The van der Waals surface area contributed by atoms with Gasteiger partial charge in [0.2, 0.25) is 0 Å². The molecule has 1 amide bonds. The first kappa shape index (κ1) is 21.3. The van der Waals surface area contributed by atoms with Gasteiger partial charge in [-0.2, -0.15) is 13.2 Å². The third-order valence-electron chi connectivity index (χ3n) is 3.96. The Kier molecular flexibility index (Phi) is 5.79. The summed E-state index contributed by atoms with van der Waals surface area (Å²) in [7, 11) is -4.51. The van der Waals surface area contributed by atoms with Crippen LogP contribution in [0.1, 0.15) is 15.9 Å². The molecule has 3 aromatic carbocycles. The maximum atomic E-state index is 14.4. The van der Waals surface area contributed by atoms with Crippen molar-refractivity contribution in [3.63, 3.8) is 0 Å². The van der Waals surface area contributed by atoms with Crippen molar-refractivity contribution in [1.82, 2.24) is 0 Å². The SMILES string of the molecule is O=C(Nc1ccc(S(=O)(=O)Nc2cccc(C(F)(F)F)c2)c(F)c1)c1ccccc1. The smallest absolute Gasteiger partial charge is 0.322 e. The predicted octanol–water partition coefficient (Wildman–Crippen LogP) is 4.90. The van der Waals surface area contributed by atoms with Gasteiger partial charge in [0.15, 0.2) is 0 Å². The average Bonchev–Trinajstić information content (AvgIpc) is 2.67. The molecular formula is C20H14F4N2O3S. The van der Waals surface area contributed by atoms with Crippen LogP contribution in [0.3, 0.4) is 0 Å². The van der Waals surface area contributed by atoms with E-state index in [1.807, 2.05) is 4.72 Å². The standard InChI is InChI=1S/C20H14F4N2O3S/c21-17-12-15(25-19(27)13-5-2-1-3-6-13)9-10-18(17)30(28,29)26-16-8-4-7-14(11-16)20(22,23)24/h1-12,26H,(H,25,27). The van der Waals surface area contributed by atoms with Crippen LogP contribution in [0.2, 0.25) is 0 Å². The number of benzene rings is 3. The van der Waals surface area contributed by atoms with Crippen molar-refractivity contribution in [2.24, 2.45) is 0 Å². The number of halogens is 4. The molecule has 0 saturated heterocycles. The highest BCUT2D eigenvalue weighted by atomic mass is 32.2. The molecule has 0 unspecified atom stereocenters. The Balaban J connectivity index is 1.81. The molecule has 0 aliphatic rings. The largest absolute Gasteiger partial charge is 0.416 e. The molecule has 2 N–H and O–H groups in total. The summed E-state index contributed by atoms with van der Waals surface area (Å²) in [6.07, 6.45) is -4.66. The number of amides is 1. The minimum atomic E-state index is -4.66. The monoisotopic (exact) mass is 438 g/mol. The lowest BCUT2D eigenvalue weighted by molar-refractivity contribution is -0.137. The second-order valence-corrected chi connectivity index (χ2v) is 7.80. The summed E-state index contributed by atoms with van der Waals surface area (Å²) in [5.74, 6) is -1.70. The molecule has 0 atom stereocenters. The van der Waals surface area contributed by atoms with E-state index in [2.05, 4.69) is 5.32 Å². The highest BCUT2D eigenvalue weighted by Gasteiger charge is 2.31. The predicted molar refractivity (Wildman–Crippen MR) is 103 cm³/mol. The minimum absolute atomic E-state index is 0.0133. The summed E-state index contributed by atoms with van der Waals surface area (Å²) < 4.78 is 79.5. The van der Waals surface area contributed by atoms with E-state index in [4.69, 9.17) is 0 Å². The van der Waals surface area contributed by atoms with Crippen molar-refractivity contribution >= 4 is 27.3 Å². The number of sulfonamides is 1. The van der Waals surface area contributed by atoms with E-state index in [9.17, 15) is 30.8 Å². The Bertz CT molecular complexity index is 1180. The van der Waals surface area contributed by atoms with Gasteiger partial charge in [0, 0.05) is 16.9 Å². The van der Waals surface area contributed by atoms with Crippen LogP contribution < -0.4 is 10.0 Å². The molecule has 0 heterocycles. The van der Waals surface area contributed by atoms with E-state index in [1.165, 1.54) is 6.07 Å². The van der Waals surface area contributed by atoms with Crippen LogP contribution in [0.4, 0.5) is 28.9 Å². The molecule has 156 valence electrons. The molecule has 3 aromatic rings. The number of carbonyl (C=O) groups excluding carboxylic acids is 1. The molecule has 0 bridgehead atoms. The fourth-order valence-corrected chi connectivity index (χ4v) is 3.67. The first-order valence-electron chi connectivity index (χ1n) is 8.42. The molecule has 0 aliphatic heterocycles. The van der Waals surface area contributed by atoms with E-state index in [1.54, 1.807) is 30.3 Å². The Labute approximate surface area is 169 Å². The van der Waals surface area contributed by atoms with Crippen LogP contribution in [-0.4, -0.2) is 14.3 Å². The number of carbonyl (C=O) groups is 1. The van der Waals surface area contributed by atoms with E-state index in [0.29, 0.717) is 11.6 Å². The Morgan fingerprint density at radius 1 is 0.833 bits per heavy atom. The van der Waals surface area contributed by atoms with E-state index in [0.717, 1.165) is 30.3 Å². The van der Waals surface area contributed by atoms with Crippen molar-refractivity contribution in [3.05, 3.63) is 89.7 Å². The normalized spacial score (nSPS) is 11.7. The fourth-order valence-electron chi connectivity index (χ4n) is 2.56. The Morgan fingerprint density at radius 2 is 1.53 bits per heavy atom. The Morgan fingerprint density at radius 3 is 2.17 bits per heavy atom. The molecule has 0 radical (unpaired) electrons. The van der Waals surface area contributed by atoms with E-state index < -0.39 is 38.4 Å². The second-order valence-electron chi connectivity index (χ2n) is 6.15. The van der Waals surface area contributed by atoms with Gasteiger partial charge in [-0.25, -0.2) is 12.8 Å². The zero-order chi connectivity index (χ0) is 21.9. The number of nitrogens with one attached hydrogen (secondary N) is 2. The molecule has 5 nitrogen and oxygen atoms in total. The zero-order valence-corrected chi connectivity index (χ0v) is 15.9. The van der Waals surface area contributed by atoms with Crippen LogP contribution >= 0.6 is 0 Å². The topological polar surface area (TPSA) is 75.3 Å². The fraction of sp³-hybridized carbons (Fsp3) is 0.0500. The van der Waals surface area contributed by atoms with Crippen molar-refractivity contribution in [2.45, 2.75) is 11.1 Å². The van der Waals surface area contributed by atoms with Gasteiger partial charge < -0.3 is 5.32 Å². The lowest BCUT2D eigenvalue weighted by Crippen LogP contribution is -2.16. The van der Waals surface area contributed by atoms with Gasteiger partial charge in [-0.3, -0.25) is 9.52 Å². The maximum Gasteiger partial charge on any atom is 0.416 e. The van der Waals surface area contributed by atoms with Crippen molar-refractivity contribution in [1.29, 1.82) is 0 Å². The summed E-state index contributed by atoms with van der Waals surface area (Å²) in [5.41, 5.74) is -1.09. The van der Waals surface area contributed by atoms with Gasteiger partial charge in [-0.15, -0.1) is 0 Å². The molecular weight excluding hydrogens is 424 g/mol. The van der Waals surface area contributed by atoms with Gasteiger partial charge in [0.05, 0.1) is 5.56 Å². The number of hydrogen-bond acceptors (Lipinski definition) is 3. The third-order valence-corrected chi connectivity index (χ3v) is 5.37. The summed E-state index contributed by atoms with van der Waals surface area (Å²) in [4.78, 5) is 11.3. The maximum absolute atomic E-state index is 14.4. The second kappa shape index (κ2) is 8.15. The van der Waals surface area contributed by atoms with Gasteiger partial charge in [0.25, 0.3) is 15.9 Å². The first-order chi connectivity index (χ1) is 14.1. The number of anilines is 2. The third kappa shape index (κ3) is 4.95. The van der Waals surface area contributed by atoms with Crippen LogP contribution in [0, 0.1) is 5.82 Å². The van der Waals surface area contributed by atoms with Crippen LogP contribution in [0.5, 0.6) is 0 Å². The van der Waals surface area contributed by atoms with Gasteiger partial charge >= 0.3 is 6.18 Å². The summed E-state index contributed by atoms with van der Waals surface area (Å²) in [6, 6.07) is 14.5. The van der Waals surface area contributed by atoms with Crippen LogP contribution in [0.25, 0.3) is 0 Å². The van der Waals surface area contributed by atoms with Crippen molar-refractivity contribution < 1.29 is 30.8 Å².